The highest BCUT2D eigenvalue weighted by atomic mass is 32.2. The maximum absolute atomic E-state index is 3.76. The predicted molar refractivity (Wildman–Crippen MR) is 90.2 cm³/mol. The van der Waals surface area contributed by atoms with Crippen molar-refractivity contribution in [3.8, 4) is 0 Å². The molecule has 0 bridgehead atoms. The fourth-order valence-electron chi connectivity index (χ4n) is 2.89. The van der Waals surface area contributed by atoms with E-state index in [9.17, 15) is 0 Å². The van der Waals surface area contributed by atoms with Crippen molar-refractivity contribution in [2.24, 2.45) is 0 Å². The van der Waals surface area contributed by atoms with Gasteiger partial charge < -0.3 is 5.32 Å². The van der Waals surface area contributed by atoms with Crippen LogP contribution in [0.2, 0.25) is 0 Å². The lowest BCUT2D eigenvalue weighted by molar-refractivity contribution is 0.485. The Morgan fingerprint density at radius 2 is 1.74 bits per heavy atom. The van der Waals surface area contributed by atoms with Gasteiger partial charge in [-0.3, -0.25) is 0 Å². The fraction of sp³-hybridized carbons (Fsp3) is 1.00. The van der Waals surface area contributed by atoms with Crippen molar-refractivity contribution < 1.29 is 0 Å². The fourth-order valence-corrected chi connectivity index (χ4v) is 4.35. The van der Waals surface area contributed by atoms with Crippen molar-refractivity contribution in [1.82, 2.24) is 5.32 Å². The van der Waals surface area contributed by atoms with Crippen LogP contribution in [0.3, 0.4) is 0 Å². The number of hydrogen-bond acceptors (Lipinski definition) is 2. The molecule has 0 spiro atoms. The minimum Gasteiger partial charge on any atom is -0.313 e. The molecule has 1 nitrogen and oxygen atoms in total. The summed E-state index contributed by atoms with van der Waals surface area (Å²) in [4.78, 5) is 0. The zero-order valence-electron chi connectivity index (χ0n) is 13.3. The van der Waals surface area contributed by atoms with Crippen LogP contribution in [0.1, 0.15) is 84.5 Å². The average Bonchev–Trinajstić information content (AvgIpc) is 2.94. The van der Waals surface area contributed by atoms with E-state index in [1.54, 1.807) is 0 Å². The van der Waals surface area contributed by atoms with Gasteiger partial charge in [-0.1, -0.05) is 58.8 Å². The van der Waals surface area contributed by atoms with Gasteiger partial charge in [0.1, 0.15) is 0 Å². The Morgan fingerprint density at radius 1 is 1.00 bits per heavy atom. The van der Waals surface area contributed by atoms with Gasteiger partial charge in [0, 0.05) is 17.0 Å². The van der Waals surface area contributed by atoms with Crippen LogP contribution in [0.15, 0.2) is 0 Å². The summed E-state index contributed by atoms with van der Waals surface area (Å²) in [5, 5.41) is 4.74. The second-order valence-corrected chi connectivity index (χ2v) is 7.43. The molecule has 1 aliphatic carbocycles. The maximum Gasteiger partial charge on any atom is 0.0158 e. The minimum absolute atomic E-state index is 0.771. The van der Waals surface area contributed by atoms with Gasteiger partial charge in [-0.15, -0.1) is 0 Å². The first-order valence-corrected chi connectivity index (χ1v) is 9.76. The van der Waals surface area contributed by atoms with Crippen LogP contribution in [-0.2, 0) is 0 Å². The van der Waals surface area contributed by atoms with Gasteiger partial charge in [-0.05, 0) is 32.2 Å². The number of nitrogens with one attached hydrogen (secondary N) is 1. The molecule has 0 heterocycles. The van der Waals surface area contributed by atoms with Crippen LogP contribution in [0, 0.1) is 0 Å². The molecular formula is C17H35NS. The molecule has 0 aromatic rings. The summed E-state index contributed by atoms with van der Waals surface area (Å²) < 4.78 is 0. The third-order valence-electron chi connectivity index (χ3n) is 4.17. The highest BCUT2D eigenvalue weighted by Gasteiger charge is 2.17. The number of rotatable bonds is 12. The van der Waals surface area contributed by atoms with Crippen LogP contribution in [-0.4, -0.2) is 23.6 Å². The Kier molecular flexibility index (Phi) is 11.0. The molecule has 1 aliphatic rings. The molecular weight excluding hydrogens is 250 g/mol. The van der Waals surface area contributed by atoms with Gasteiger partial charge in [0.2, 0.25) is 0 Å². The van der Waals surface area contributed by atoms with E-state index in [0.717, 1.165) is 11.3 Å². The van der Waals surface area contributed by atoms with Gasteiger partial charge in [0.15, 0.2) is 0 Å². The van der Waals surface area contributed by atoms with Crippen molar-refractivity contribution in [3.63, 3.8) is 0 Å². The molecule has 0 saturated heterocycles. The normalized spacial score (nSPS) is 18.0. The molecule has 1 N–H and O–H groups in total. The van der Waals surface area contributed by atoms with E-state index >= 15 is 0 Å². The summed E-state index contributed by atoms with van der Waals surface area (Å²) in [5.74, 6) is 1.35. The first-order chi connectivity index (χ1) is 9.36. The largest absolute Gasteiger partial charge is 0.313 e. The maximum atomic E-state index is 3.76. The van der Waals surface area contributed by atoms with E-state index < -0.39 is 0 Å². The van der Waals surface area contributed by atoms with E-state index in [0.29, 0.717) is 0 Å². The smallest absolute Gasteiger partial charge is 0.0158 e. The van der Waals surface area contributed by atoms with Crippen LogP contribution in [0.4, 0.5) is 0 Å². The van der Waals surface area contributed by atoms with E-state index in [-0.39, 0.29) is 0 Å². The molecule has 1 unspecified atom stereocenters. The zero-order chi connectivity index (χ0) is 13.8. The second-order valence-electron chi connectivity index (χ2n) is 6.09. The van der Waals surface area contributed by atoms with Gasteiger partial charge in [0.25, 0.3) is 0 Å². The van der Waals surface area contributed by atoms with Gasteiger partial charge in [-0.25, -0.2) is 0 Å². The molecule has 1 saturated carbocycles. The van der Waals surface area contributed by atoms with Crippen molar-refractivity contribution in [1.29, 1.82) is 0 Å². The number of thioether (sulfide) groups is 1. The summed E-state index contributed by atoms with van der Waals surface area (Å²) >= 11 is 2.25. The predicted octanol–water partition coefficient (Wildman–Crippen LogP) is 5.39. The van der Waals surface area contributed by atoms with Crippen molar-refractivity contribution in [2.45, 2.75) is 95.8 Å². The summed E-state index contributed by atoms with van der Waals surface area (Å²) in [6.45, 7) is 5.77. The molecule has 19 heavy (non-hydrogen) atoms. The molecule has 0 amide bonds. The molecule has 1 atom stereocenters. The number of unbranched alkanes of at least 4 members (excludes halogenated alkanes) is 4. The first-order valence-electron chi connectivity index (χ1n) is 8.71. The van der Waals surface area contributed by atoms with Crippen LogP contribution >= 0.6 is 11.8 Å². The average molecular weight is 286 g/mol. The first kappa shape index (κ1) is 17.4. The van der Waals surface area contributed by atoms with E-state index in [1.165, 1.54) is 82.9 Å². The SMILES string of the molecule is CCCCCCCC(CSC1CCCC1)NCCC. The third kappa shape index (κ3) is 8.96. The molecule has 0 aromatic heterocycles. The Hall–Kier alpha value is 0.310. The Labute approximate surface area is 125 Å². The van der Waals surface area contributed by atoms with Gasteiger partial charge >= 0.3 is 0 Å². The standard InChI is InChI=1S/C17H35NS/c1-3-5-6-7-8-11-16(18-14-4-2)15-19-17-12-9-10-13-17/h16-18H,3-15H2,1-2H3. The minimum atomic E-state index is 0.771. The topological polar surface area (TPSA) is 12.0 Å². The van der Waals surface area contributed by atoms with Crippen LogP contribution in [0.25, 0.3) is 0 Å². The quantitative estimate of drug-likeness (QED) is 0.482. The Balaban J connectivity index is 2.10. The monoisotopic (exact) mass is 285 g/mol. The zero-order valence-corrected chi connectivity index (χ0v) is 14.1. The molecule has 0 radical (unpaired) electrons. The molecule has 0 aromatic carbocycles. The third-order valence-corrected chi connectivity index (χ3v) is 5.71. The summed E-state index contributed by atoms with van der Waals surface area (Å²) in [6, 6.07) is 0.771. The summed E-state index contributed by atoms with van der Waals surface area (Å²) in [7, 11) is 0. The molecule has 1 fully saturated rings. The van der Waals surface area contributed by atoms with Crippen molar-refractivity contribution >= 4 is 11.8 Å². The van der Waals surface area contributed by atoms with Gasteiger partial charge in [0.05, 0.1) is 0 Å². The highest BCUT2D eigenvalue weighted by Crippen LogP contribution is 2.30. The summed E-state index contributed by atoms with van der Waals surface area (Å²) in [6.07, 6.45) is 15.6. The summed E-state index contributed by atoms with van der Waals surface area (Å²) in [5.41, 5.74) is 0. The lowest BCUT2D eigenvalue weighted by Gasteiger charge is -2.20. The van der Waals surface area contributed by atoms with E-state index in [4.69, 9.17) is 0 Å². The molecule has 114 valence electrons. The van der Waals surface area contributed by atoms with E-state index in [2.05, 4.69) is 30.9 Å². The van der Waals surface area contributed by atoms with Crippen molar-refractivity contribution in [3.05, 3.63) is 0 Å². The van der Waals surface area contributed by atoms with Gasteiger partial charge in [-0.2, -0.15) is 11.8 Å². The molecule has 1 rings (SSSR count). The highest BCUT2D eigenvalue weighted by molar-refractivity contribution is 7.99. The lowest BCUT2D eigenvalue weighted by atomic mass is 10.1. The van der Waals surface area contributed by atoms with Crippen LogP contribution in [0.5, 0.6) is 0 Å². The number of hydrogen-bond donors (Lipinski definition) is 1. The molecule has 2 heteroatoms. The lowest BCUT2D eigenvalue weighted by Crippen LogP contribution is -2.32. The van der Waals surface area contributed by atoms with Crippen molar-refractivity contribution in [2.75, 3.05) is 12.3 Å². The van der Waals surface area contributed by atoms with Crippen LogP contribution < -0.4 is 5.32 Å². The Bertz CT molecular complexity index is 190. The Morgan fingerprint density at radius 3 is 2.42 bits per heavy atom. The second kappa shape index (κ2) is 12.1. The molecule has 0 aliphatic heterocycles. The van der Waals surface area contributed by atoms with E-state index in [1.807, 2.05) is 0 Å².